The van der Waals surface area contributed by atoms with Gasteiger partial charge in [-0.3, -0.25) is 14.4 Å². The molecule has 9 heteroatoms. The second-order valence-corrected chi connectivity index (χ2v) is 9.69. The number of carbonyl (C=O) groups is 4. The molecule has 0 rings (SSSR count). The maximum absolute atomic E-state index is 13.1. The molecule has 0 saturated carbocycles. The van der Waals surface area contributed by atoms with Crippen LogP contribution < -0.4 is 27.4 Å². The number of aldehydes is 1. The van der Waals surface area contributed by atoms with Gasteiger partial charge in [-0.15, -0.1) is 0 Å². The lowest BCUT2D eigenvalue weighted by Gasteiger charge is -2.26. The van der Waals surface area contributed by atoms with Gasteiger partial charge in [0.1, 0.15) is 18.4 Å². The molecule has 0 saturated heterocycles. The van der Waals surface area contributed by atoms with Gasteiger partial charge in [0, 0.05) is 0 Å². The van der Waals surface area contributed by atoms with Crippen LogP contribution in [-0.2, 0) is 19.2 Å². The fourth-order valence-electron chi connectivity index (χ4n) is 3.25. The first-order chi connectivity index (χ1) is 14.9. The quantitative estimate of drug-likeness (QED) is 0.171. The Kier molecular flexibility index (Phi) is 14.8. The number of nitrogens with two attached hydrogens (primary N) is 2. The first-order valence-electron chi connectivity index (χ1n) is 11.7. The molecule has 0 spiro atoms. The Morgan fingerprint density at radius 3 is 1.78 bits per heavy atom. The zero-order valence-electron chi connectivity index (χ0n) is 20.6. The molecule has 7 N–H and O–H groups in total. The normalized spacial score (nSPS) is 15.2. The molecule has 4 atom stereocenters. The summed E-state index contributed by atoms with van der Waals surface area (Å²) in [4.78, 5) is 49.7. The van der Waals surface area contributed by atoms with E-state index in [2.05, 4.69) is 16.0 Å². The molecular weight excluding hydrogens is 410 g/mol. The van der Waals surface area contributed by atoms with Gasteiger partial charge in [0.15, 0.2) is 0 Å². The summed E-state index contributed by atoms with van der Waals surface area (Å²) in [6.45, 7) is 12.0. The SMILES string of the molecule is CC(C)C[C@H](NC(=O)[C@@H](N)CC(C)C)C(=O)N[C@@H](CCCCN)C(=O)N[C@H](C=O)C(C)C. The summed E-state index contributed by atoms with van der Waals surface area (Å²) in [6, 6.07) is -2.99. The smallest absolute Gasteiger partial charge is 0.243 e. The van der Waals surface area contributed by atoms with E-state index in [0.717, 1.165) is 0 Å². The van der Waals surface area contributed by atoms with Gasteiger partial charge < -0.3 is 32.2 Å². The second kappa shape index (κ2) is 15.7. The van der Waals surface area contributed by atoms with Crippen molar-refractivity contribution in [2.75, 3.05) is 6.54 Å². The zero-order valence-corrected chi connectivity index (χ0v) is 20.6. The van der Waals surface area contributed by atoms with Crippen LogP contribution in [0, 0.1) is 17.8 Å². The molecule has 0 aromatic carbocycles. The van der Waals surface area contributed by atoms with E-state index in [1.165, 1.54) is 0 Å². The molecule has 0 radical (unpaired) electrons. The van der Waals surface area contributed by atoms with Crippen LogP contribution in [0.1, 0.15) is 73.6 Å². The summed E-state index contributed by atoms with van der Waals surface area (Å²) >= 11 is 0. The van der Waals surface area contributed by atoms with E-state index in [4.69, 9.17) is 11.5 Å². The van der Waals surface area contributed by atoms with Gasteiger partial charge in [0.2, 0.25) is 17.7 Å². The lowest BCUT2D eigenvalue weighted by atomic mass is 9.99. The summed E-state index contributed by atoms with van der Waals surface area (Å²) in [5.74, 6) is -0.944. The third kappa shape index (κ3) is 12.1. The molecule has 32 heavy (non-hydrogen) atoms. The fraction of sp³-hybridized carbons (Fsp3) is 0.826. The molecule has 186 valence electrons. The monoisotopic (exact) mass is 455 g/mol. The van der Waals surface area contributed by atoms with Crippen molar-refractivity contribution in [2.24, 2.45) is 29.2 Å². The highest BCUT2D eigenvalue weighted by atomic mass is 16.2. The summed E-state index contributed by atoms with van der Waals surface area (Å²) in [7, 11) is 0. The fourth-order valence-corrected chi connectivity index (χ4v) is 3.25. The van der Waals surface area contributed by atoms with Crippen molar-refractivity contribution in [1.29, 1.82) is 0 Å². The molecule has 3 amide bonds. The van der Waals surface area contributed by atoms with Crippen LogP contribution in [0.3, 0.4) is 0 Å². The van der Waals surface area contributed by atoms with E-state index < -0.39 is 36.0 Å². The van der Waals surface area contributed by atoms with E-state index in [1.54, 1.807) is 0 Å². The Morgan fingerprint density at radius 1 is 0.781 bits per heavy atom. The van der Waals surface area contributed by atoms with Crippen LogP contribution in [0.25, 0.3) is 0 Å². The van der Waals surface area contributed by atoms with E-state index in [0.29, 0.717) is 44.9 Å². The summed E-state index contributed by atoms with van der Waals surface area (Å²) in [5.41, 5.74) is 11.5. The van der Waals surface area contributed by atoms with Crippen molar-refractivity contribution in [1.82, 2.24) is 16.0 Å². The van der Waals surface area contributed by atoms with Gasteiger partial charge in [-0.1, -0.05) is 41.5 Å². The van der Waals surface area contributed by atoms with Crippen molar-refractivity contribution >= 4 is 24.0 Å². The highest BCUT2D eigenvalue weighted by Gasteiger charge is 2.29. The van der Waals surface area contributed by atoms with Crippen molar-refractivity contribution in [3.05, 3.63) is 0 Å². The Labute approximate surface area is 193 Å². The maximum Gasteiger partial charge on any atom is 0.243 e. The molecule has 9 nitrogen and oxygen atoms in total. The lowest BCUT2D eigenvalue weighted by Crippen LogP contribution is -2.57. The molecule has 0 aliphatic carbocycles. The van der Waals surface area contributed by atoms with E-state index in [9.17, 15) is 19.2 Å². The highest BCUT2D eigenvalue weighted by Crippen LogP contribution is 2.10. The molecule has 0 bridgehead atoms. The molecule has 0 heterocycles. The predicted octanol–water partition coefficient (Wildman–Crippen LogP) is 0.844. The molecule has 0 unspecified atom stereocenters. The van der Waals surface area contributed by atoms with Crippen LogP contribution in [0.5, 0.6) is 0 Å². The average Bonchev–Trinajstić information content (AvgIpc) is 2.69. The number of carbonyl (C=O) groups excluding carboxylic acids is 4. The van der Waals surface area contributed by atoms with Gasteiger partial charge >= 0.3 is 0 Å². The average molecular weight is 456 g/mol. The summed E-state index contributed by atoms with van der Waals surface area (Å²) in [6.07, 6.45) is 3.34. The minimum atomic E-state index is -0.828. The molecule has 0 aromatic heterocycles. The number of unbranched alkanes of at least 4 members (excludes halogenated alkanes) is 1. The Bertz CT molecular complexity index is 595. The van der Waals surface area contributed by atoms with E-state index in [-0.39, 0.29) is 23.7 Å². The van der Waals surface area contributed by atoms with Gasteiger partial charge in [-0.2, -0.15) is 0 Å². The lowest BCUT2D eigenvalue weighted by molar-refractivity contribution is -0.133. The van der Waals surface area contributed by atoms with Gasteiger partial charge in [-0.25, -0.2) is 0 Å². The van der Waals surface area contributed by atoms with Crippen molar-refractivity contribution in [2.45, 2.75) is 97.8 Å². The molecular formula is C23H45N5O4. The minimum absolute atomic E-state index is 0.0766. The number of amides is 3. The molecule has 0 aromatic rings. The van der Waals surface area contributed by atoms with Crippen molar-refractivity contribution in [3.8, 4) is 0 Å². The number of hydrogen-bond donors (Lipinski definition) is 5. The summed E-state index contributed by atoms with van der Waals surface area (Å²) in [5, 5.41) is 8.22. The number of nitrogens with one attached hydrogen (secondary N) is 3. The predicted molar refractivity (Wildman–Crippen MR) is 126 cm³/mol. The van der Waals surface area contributed by atoms with Crippen LogP contribution in [0.2, 0.25) is 0 Å². The Balaban J connectivity index is 5.40. The van der Waals surface area contributed by atoms with E-state index >= 15 is 0 Å². The Hall–Kier alpha value is -2.00. The van der Waals surface area contributed by atoms with Crippen LogP contribution in [-0.4, -0.2) is 54.7 Å². The number of hydrogen-bond acceptors (Lipinski definition) is 6. The molecule has 0 aliphatic heterocycles. The van der Waals surface area contributed by atoms with Crippen LogP contribution in [0.4, 0.5) is 0 Å². The zero-order chi connectivity index (χ0) is 24.8. The Morgan fingerprint density at radius 2 is 1.31 bits per heavy atom. The van der Waals surface area contributed by atoms with Crippen molar-refractivity contribution < 1.29 is 19.2 Å². The molecule has 0 aliphatic rings. The van der Waals surface area contributed by atoms with Crippen LogP contribution >= 0.6 is 0 Å². The van der Waals surface area contributed by atoms with E-state index in [1.807, 2.05) is 41.5 Å². The van der Waals surface area contributed by atoms with Gasteiger partial charge in [-0.05, 0) is 56.4 Å². The first kappa shape index (κ1) is 30.0. The maximum atomic E-state index is 13.1. The molecule has 0 fully saturated rings. The number of rotatable bonds is 16. The van der Waals surface area contributed by atoms with Crippen LogP contribution in [0.15, 0.2) is 0 Å². The van der Waals surface area contributed by atoms with Gasteiger partial charge in [0.05, 0.1) is 12.1 Å². The minimum Gasteiger partial charge on any atom is -0.345 e. The summed E-state index contributed by atoms with van der Waals surface area (Å²) < 4.78 is 0. The van der Waals surface area contributed by atoms with Gasteiger partial charge in [0.25, 0.3) is 0 Å². The third-order valence-corrected chi connectivity index (χ3v) is 5.16. The topological polar surface area (TPSA) is 156 Å². The largest absolute Gasteiger partial charge is 0.345 e. The standard InChI is InChI=1S/C23H45N5O4/c1-14(2)11-17(25)21(30)27-19(12-15(3)4)23(32)26-18(9-7-8-10-24)22(31)28-20(13-29)16(5)6/h13-20H,7-12,24-25H2,1-6H3,(H,26,32)(H,27,30)(H,28,31)/t17-,18-,19-,20+/m0/s1. The highest BCUT2D eigenvalue weighted by molar-refractivity contribution is 5.93. The first-order valence-corrected chi connectivity index (χ1v) is 11.7. The third-order valence-electron chi connectivity index (χ3n) is 5.16. The second-order valence-electron chi connectivity index (χ2n) is 9.69. The van der Waals surface area contributed by atoms with Crippen molar-refractivity contribution in [3.63, 3.8) is 0 Å².